The molecule has 1 aromatic rings. The first-order valence-corrected chi connectivity index (χ1v) is 7.16. The van der Waals surface area contributed by atoms with Crippen molar-refractivity contribution in [3.05, 3.63) is 41.7 Å². The summed E-state index contributed by atoms with van der Waals surface area (Å²) in [5, 5.41) is 19.2. The molecule has 0 radical (unpaired) electrons. The first kappa shape index (κ1) is 16.2. The average molecular weight is 304 g/mol. The van der Waals surface area contributed by atoms with Crippen LogP contribution in [0.15, 0.2) is 24.9 Å². The molecule has 1 saturated heterocycles. The molecule has 0 saturated carbocycles. The minimum absolute atomic E-state index is 0.0389. The number of aryl methyl sites for hydroxylation is 1. The van der Waals surface area contributed by atoms with Crippen LogP contribution < -0.4 is 0 Å². The van der Waals surface area contributed by atoms with E-state index in [-0.39, 0.29) is 5.92 Å². The van der Waals surface area contributed by atoms with Crippen molar-refractivity contribution in [3.8, 4) is 0 Å². The molecule has 3 atom stereocenters. The number of carbonyl (C=O) groups excluding carboxylic acids is 1. The molecule has 0 bridgehead atoms. The topological polar surface area (TPSA) is 90.7 Å². The minimum atomic E-state index is -1.03. The number of carboxylic acid groups (broad SMARTS) is 1. The van der Waals surface area contributed by atoms with E-state index in [0.29, 0.717) is 29.8 Å². The number of nitrogens with zero attached hydrogens (tertiary/aromatic N) is 2. The molecule has 1 aromatic heterocycles. The van der Waals surface area contributed by atoms with E-state index in [9.17, 15) is 19.8 Å². The molecule has 0 spiro atoms. The van der Waals surface area contributed by atoms with E-state index in [0.717, 1.165) is 0 Å². The van der Waals surface area contributed by atoms with Crippen LogP contribution in [0.25, 0.3) is 0 Å². The van der Waals surface area contributed by atoms with Gasteiger partial charge in [0.1, 0.15) is 6.04 Å². The quantitative estimate of drug-likeness (QED) is 0.824. The number of aliphatic hydroxyl groups excluding tert-OH is 1. The maximum absolute atomic E-state index is 12.8. The summed E-state index contributed by atoms with van der Waals surface area (Å²) in [6.07, 6.45) is 2.65. The Morgan fingerprint density at radius 1 is 1.55 bits per heavy atom. The van der Waals surface area contributed by atoms with Crippen molar-refractivity contribution in [3.63, 3.8) is 0 Å². The zero-order valence-corrected chi connectivity index (χ0v) is 12.7. The van der Waals surface area contributed by atoms with Gasteiger partial charge in [-0.05, 0) is 32.3 Å². The molecule has 2 heterocycles. The van der Waals surface area contributed by atoms with Gasteiger partial charge in [-0.25, -0.2) is 4.79 Å². The molecule has 2 rings (SSSR count). The number of amides is 1. The highest BCUT2D eigenvalue weighted by atomic mass is 16.4. The van der Waals surface area contributed by atoms with Gasteiger partial charge >= 0.3 is 5.97 Å². The van der Waals surface area contributed by atoms with Crippen molar-refractivity contribution in [2.75, 3.05) is 6.54 Å². The van der Waals surface area contributed by atoms with Crippen molar-refractivity contribution in [2.45, 2.75) is 32.4 Å². The molecule has 118 valence electrons. The third kappa shape index (κ3) is 3.01. The summed E-state index contributed by atoms with van der Waals surface area (Å²) in [6.45, 7) is 7.30. The van der Waals surface area contributed by atoms with Crippen LogP contribution >= 0.6 is 0 Å². The molecule has 2 N–H and O–H groups in total. The number of pyridine rings is 1. The van der Waals surface area contributed by atoms with Gasteiger partial charge in [0.15, 0.2) is 0 Å². The highest BCUT2D eigenvalue weighted by Crippen LogP contribution is 2.28. The van der Waals surface area contributed by atoms with Gasteiger partial charge in [-0.2, -0.15) is 0 Å². The lowest BCUT2D eigenvalue weighted by atomic mass is 10.0. The fraction of sp³-hybridized carbons (Fsp3) is 0.438. The van der Waals surface area contributed by atoms with Gasteiger partial charge in [0.2, 0.25) is 0 Å². The molecular weight excluding hydrogens is 284 g/mol. The van der Waals surface area contributed by atoms with Crippen LogP contribution in [-0.4, -0.2) is 44.6 Å². The van der Waals surface area contributed by atoms with Gasteiger partial charge in [0.25, 0.3) is 5.91 Å². The van der Waals surface area contributed by atoms with Crippen molar-refractivity contribution in [1.29, 1.82) is 0 Å². The Balaban J connectivity index is 2.40. The lowest BCUT2D eigenvalue weighted by Gasteiger charge is -2.23. The van der Waals surface area contributed by atoms with E-state index in [1.54, 1.807) is 26.0 Å². The highest BCUT2D eigenvalue weighted by molar-refractivity contribution is 5.98. The molecule has 1 aliphatic rings. The number of aliphatic carboxylic acids is 1. The summed E-state index contributed by atoms with van der Waals surface area (Å²) >= 11 is 0. The normalized spacial score (nSPS) is 22.4. The Bertz CT molecular complexity index is 612. The van der Waals surface area contributed by atoms with Crippen LogP contribution in [-0.2, 0) is 4.79 Å². The Kier molecular flexibility index (Phi) is 4.61. The van der Waals surface area contributed by atoms with E-state index >= 15 is 0 Å². The third-order valence-corrected chi connectivity index (χ3v) is 3.96. The molecule has 1 aliphatic heterocycles. The van der Waals surface area contributed by atoms with Crippen molar-refractivity contribution >= 4 is 11.9 Å². The second kappa shape index (κ2) is 6.27. The fourth-order valence-electron chi connectivity index (χ4n) is 2.74. The standard InChI is InChI=1S/C16H20N2O4/c1-4-11-6-14(16(21)22)18(8-11)15(20)12-5-9(2)17-7-13(12)10(3)19/h4-5,7,10-11,14,19H,1,6,8H2,2-3H3,(H,21,22)/t10?,11-,14-/m1/s1. The Morgan fingerprint density at radius 2 is 2.23 bits per heavy atom. The van der Waals surface area contributed by atoms with E-state index in [4.69, 9.17) is 0 Å². The van der Waals surface area contributed by atoms with Crippen LogP contribution in [0.2, 0.25) is 0 Å². The maximum atomic E-state index is 12.8. The van der Waals surface area contributed by atoms with Gasteiger partial charge in [-0.3, -0.25) is 9.78 Å². The van der Waals surface area contributed by atoms with Crippen molar-refractivity contribution in [1.82, 2.24) is 9.88 Å². The van der Waals surface area contributed by atoms with E-state index in [1.807, 2.05) is 0 Å². The third-order valence-electron chi connectivity index (χ3n) is 3.96. The monoisotopic (exact) mass is 304 g/mol. The van der Waals surface area contributed by atoms with Crippen LogP contribution in [0.5, 0.6) is 0 Å². The first-order chi connectivity index (χ1) is 10.3. The summed E-state index contributed by atoms with van der Waals surface area (Å²) < 4.78 is 0. The smallest absolute Gasteiger partial charge is 0.326 e. The molecule has 0 aliphatic carbocycles. The summed E-state index contributed by atoms with van der Waals surface area (Å²) in [5.74, 6) is -1.46. The molecule has 1 fully saturated rings. The largest absolute Gasteiger partial charge is 0.480 e. The van der Waals surface area contributed by atoms with Crippen LogP contribution in [0.1, 0.15) is 41.1 Å². The van der Waals surface area contributed by atoms with Crippen molar-refractivity contribution < 1.29 is 19.8 Å². The highest BCUT2D eigenvalue weighted by Gasteiger charge is 2.39. The molecular formula is C16H20N2O4. The second-order valence-electron chi connectivity index (χ2n) is 5.63. The second-order valence-corrected chi connectivity index (χ2v) is 5.63. The number of aliphatic hydroxyl groups is 1. The maximum Gasteiger partial charge on any atom is 0.326 e. The summed E-state index contributed by atoms with van der Waals surface area (Å²) in [5.41, 5.74) is 1.35. The van der Waals surface area contributed by atoms with Gasteiger partial charge in [0.05, 0.1) is 6.10 Å². The number of carboxylic acids is 1. The SMILES string of the molecule is C=C[C@@H]1C[C@H](C(=O)O)N(C(=O)c2cc(C)ncc2C(C)O)C1. The lowest BCUT2D eigenvalue weighted by Crippen LogP contribution is -2.41. The Morgan fingerprint density at radius 3 is 2.77 bits per heavy atom. The van der Waals surface area contributed by atoms with Gasteiger partial charge in [0, 0.05) is 29.6 Å². The summed E-state index contributed by atoms with van der Waals surface area (Å²) in [6, 6.07) is 0.718. The van der Waals surface area contributed by atoms with Crippen LogP contribution in [0, 0.1) is 12.8 Å². The summed E-state index contributed by atoms with van der Waals surface area (Å²) in [4.78, 5) is 29.6. The van der Waals surface area contributed by atoms with Gasteiger partial charge < -0.3 is 15.1 Å². The minimum Gasteiger partial charge on any atom is -0.480 e. The van der Waals surface area contributed by atoms with Crippen molar-refractivity contribution in [2.24, 2.45) is 5.92 Å². The number of hydrogen-bond donors (Lipinski definition) is 2. The Hall–Kier alpha value is -2.21. The number of rotatable bonds is 4. The molecule has 6 heteroatoms. The predicted molar refractivity (Wildman–Crippen MR) is 80.4 cm³/mol. The van der Waals surface area contributed by atoms with E-state index in [2.05, 4.69) is 11.6 Å². The summed E-state index contributed by atoms with van der Waals surface area (Å²) in [7, 11) is 0. The van der Waals surface area contributed by atoms with Gasteiger partial charge in [-0.1, -0.05) is 6.08 Å². The average Bonchev–Trinajstić information content (AvgIpc) is 2.90. The van der Waals surface area contributed by atoms with E-state index < -0.39 is 24.0 Å². The molecule has 1 unspecified atom stereocenters. The number of likely N-dealkylation sites (tertiary alicyclic amines) is 1. The predicted octanol–water partition coefficient (Wildman–Crippen LogP) is 1.54. The number of aromatic nitrogens is 1. The van der Waals surface area contributed by atoms with Gasteiger partial charge in [-0.15, -0.1) is 6.58 Å². The zero-order chi connectivity index (χ0) is 16.4. The molecule has 22 heavy (non-hydrogen) atoms. The first-order valence-electron chi connectivity index (χ1n) is 7.16. The fourth-order valence-corrected chi connectivity index (χ4v) is 2.74. The van der Waals surface area contributed by atoms with Crippen LogP contribution in [0.3, 0.4) is 0 Å². The molecule has 6 nitrogen and oxygen atoms in total. The zero-order valence-electron chi connectivity index (χ0n) is 12.7. The number of carbonyl (C=O) groups is 2. The van der Waals surface area contributed by atoms with Crippen LogP contribution in [0.4, 0.5) is 0 Å². The lowest BCUT2D eigenvalue weighted by molar-refractivity contribution is -0.141. The number of hydrogen-bond acceptors (Lipinski definition) is 4. The molecule has 1 amide bonds. The van der Waals surface area contributed by atoms with E-state index in [1.165, 1.54) is 11.1 Å². The Labute approximate surface area is 129 Å². The molecule has 0 aromatic carbocycles.